The molecule has 0 spiro atoms. The molecule has 0 saturated carbocycles. The van der Waals surface area contributed by atoms with Gasteiger partial charge in [-0.2, -0.15) is 0 Å². The van der Waals surface area contributed by atoms with Crippen LogP contribution in [-0.2, 0) is 9.90 Å². The van der Waals surface area contributed by atoms with E-state index in [1.165, 1.54) is 0 Å². The lowest BCUT2D eigenvalue weighted by Crippen LogP contribution is -2.36. The minimum Gasteiger partial charge on any atom is -0.353 e. The van der Waals surface area contributed by atoms with Crippen molar-refractivity contribution in [1.82, 2.24) is 10.2 Å². The van der Waals surface area contributed by atoms with Crippen molar-refractivity contribution in [3.8, 4) is 0 Å². The first-order chi connectivity index (χ1) is 5.57. The van der Waals surface area contributed by atoms with Crippen LogP contribution >= 0.6 is 0 Å². The van der Waals surface area contributed by atoms with E-state index in [1.54, 1.807) is 0 Å². The fourth-order valence-electron chi connectivity index (χ4n) is 0.979. The molecule has 0 aliphatic heterocycles. The van der Waals surface area contributed by atoms with Crippen molar-refractivity contribution in [3.05, 3.63) is 0 Å². The van der Waals surface area contributed by atoms with Crippen molar-refractivity contribution in [1.29, 1.82) is 0 Å². The van der Waals surface area contributed by atoms with Gasteiger partial charge >= 0.3 is 0 Å². The second kappa shape index (κ2) is 5.97. The predicted molar refractivity (Wildman–Crippen MR) is 46.3 cm³/mol. The molecule has 0 bridgehead atoms. The number of hydrogen-bond donors (Lipinski definition) is 1. The van der Waals surface area contributed by atoms with Crippen LogP contribution in [0.5, 0.6) is 0 Å². The van der Waals surface area contributed by atoms with Crippen LogP contribution in [-0.4, -0.2) is 44.6 Å². The van der Waals surface area contributed by atoms with Gasteiger partial charge in [-0.15, -0.1) is 0 Å². The summed E-state index contributed by atoms with van der Waals surface area (Å²) in [6, 6.07) is 0. The fraction of sp³-hybridized carbons (Fsp3) is 0.875. The van der Waals surface area contributed by atoms with Gasteiger partial charge in [0.25, 0.3) is 0 Å². The minimum absolute atomic E-state index is 0.0421. The van der Waals surface area contributed by atoms with Gasteiger partial charge in [-0.3, -0.25) is 4.79 Å². The zero-order valence-electron chi connectivity index (χ0n) is 7.96. The molecule has 0 aromatic carbocycles. The Morgan fingerprint density at radius 3 is 2.50 bits per heavy atom. The number of carbonyl (C=O) groups excluding carboxylic acids is 1. The molecule has 4 nitrogen and oxygen atoms in total. The Kier molecular flexibility index (Phi) is 5.66. The molecule has 71 valence electrons. The highest BCUT2D eigenvalue weighted by atomic mass is 16.3. The first-order valence-electron chi connectivity index (χ1n) is 4.08. The summed E-state index contributed by atoms with van der Waals surface area (Å²) in [5.41, 5.74) is 0. The maximum atomic E-state index is 11.2. The quantitative estimate of drug-likeness (QED) is 0.622. The molecule has 1 N–H and O–H groups in total. The minimum atomic E-state index is -0.250. The van der Waals surface area contributed by atoms with E-state index in [0.717, 1.165) is 0 Å². The van der Waals surface area contributed by atoms with Crippen LogP contribution in [0.15, 0.2) is 0 Å². The van der Waals surface area contributed by atoms with E-state index in [1.807, 2.05) is 25.9 Å². The molecule has 0 aliphatic rings. The van der Waals surface area contributed by atoms with E-state index >= 15 is 0 Å². The van der Waals surface area contributed by atoms with Crippen molar-refractivity contribution in [2.24, 2.45) is 5.92 Å². The molecule has 1 amide bonds. The van der Waals surface area contributed by atoms with Crippen molar-refractivity contribution >= 4 is 5.91 Å². The topological polar surface area (TPSA) is 52.2 Å². The first kappa shape index (κ1) is 11.4. The summed E-state index contributed by atoms with van der Waals surface area (Å²) in [6.45, 7) is 2.54. The van der Waals surface area contributed by atoms with Crippen molar-refractivity contribution in [2.45, 2.75) is 6.92 Å². The summed E-state index contributed by atoms with van der Waals surface area (Å²) in [4.78, 5) is 13.1. The smallest absolute Gasteiger partial charge is 0.224 e. The third kappa shape index (κ3) is 5.09. The summed E-state index contributed by atoms with van der Waals surface area (Å²) in [7, 11) is 3.83. The molecular formula is C8H17N2O2. The fourth-order valence-corrected chi connectivity index (χ4v) is 0.979. The predicted octanol–water partition coefficient (Wildman–Crippen LogP) is -0.269. The first-order valence-corrected chi connectivity index (χ1v) is 4.08. The molecule has 4 heteroatoms. The Labute approximate surface area is 73.6 Å². The highest BCUT2D eigenvalue weighted by Gasteiger charge is 2.12. The SMILES string of the molecule is CC(CN(C)C)C(=O)NCC[O]. The van der Waals surface area contributed by atoms with Crippen LogP contribution in [0.4, 0.5) is 0 Å². The highest BCUT2D eigenvalue weighted by molar-refractivity contribution is 5.78. The van der Waals surface area contributed by atoms with Gasteiger partial charge in [-0.05, 0) is 14.1 Å². The van der Waals surface area contributed by atoms with E-state index in [2.05, 4.69) is 5.32 Å². The van der Waals surface area contributed by atoms with E-state index < -0.39 is 0 Å². The molecule has 0 saturated heterocycles. The van der Waals surface area contributed by atoms with Gasteiger partial charge in [-0.25, -0.2) is 5.11 Å². The molecule has 0 aromatic heterocycles. The third-order valence-electron chi connectivity index (χ3n) is 1.49. The van der Waals surface area contributed by atoms with Crippen LogP contribution in [0, 0.1) is 5.92 Å². The summed E-state index contributed by atoms with van der Waals surface area (Å²) in [6.07, 6.45) is 0. The highest BCUT2D eigenvalue weighted by Crippen LogP contribution is 1.95. The van der Waals surface area contributed by atoms with Crippen LogP contribution in [0.3, 0.4) is 0 Å². The van der Waals surface area contributed by atoms with Gasteiger partial charge in [0.05, 0.1) is 6.61 Å². The second-order valence-electron chi connectivity index (χ2n) is 3.16. The Bertz CT molecular complexity index is 137. The van der Waals surface area contributed by atoms with E-state index in [4.69, 9.17) is 0 Å². The van der Waals surface area contributed by atoms with Crippen molar-refractivity contribution in [3.63, 3.8) is 0 Å². The summed E-state index contributed by atoms with van der Waals surface area (Å²) < 4.78 is 0. The summed E-state index contributed by atoms with van der Waals surface area (Å²) in [5, 5.41) is 12.6. The monoisotopic (exact) mass is 173 g/mol. The zero-order valence-corrected chi connectivity index (χ0v) is 7.96. The Balaban J connectivity index is 3.61. The largest absolute Gasteiger partial charge is 0.353 e. The number of amides is 1. The summed E-state index contributed by atoms with van der Waals surface area (Å²) in [5.74, 6) is -0.0916. The molecule has 0 aromatic rings. The van der Waals surface area contributed by atoms with Crippen LogP contribution in [0.1, 0.15) is 6.92 Å². The Morgan fingerprint density at radius 2 is 2.08 bits per heavy atom. The lowest BCUT2D eigenvalue weighted by atomic mass is 10.1. The zero-order chi connectivity index (χ0) is 9.56. The molecule has 0 aliphatic carbocycles. The number of hydrogen-bond acceptors (Lipinski definition) is 2. The molecule has 0 fully saturated rings. The van der Waals surface area contributed by atoms with Gasteiger partial charge in [0.2, 0.25) is 5.91 Å². The Morgan fingerprint density at radius 1 is 1.50 bits per heavy atom. The molecule has 0 heterocycles. The molecule has 12 heavy (non-hydrogen) atoms. The van der Waals surface area contributed by atoms with Gasteiger partial charge < -0.3 is 10.2 Å². The third-order valence-corrected chi connectivity index (χ3v) is 1.49. The van der Waals surface area contributed by atoms with Gasteiger partial charge in [0, 0.05) is 19.0 Å². The maximum Gasteiger partial charge on any atom is 0.224 e. The van der Waals surface area contributed by atoms with E-state index in [9.17, 15) is 9.90 Å². The van der Waals surface area contributed by atoms with Crippen molar-refractivity contribution in [2.75, 3.05) is 33.8 Å². The van der Waals surface area contributed by atoms with Gasteiger partial charge in [0.1, 0.15) is 0 Å². The second-order valence-corrected chi connectivity index (χ2v) is 3.16. The Hall–Kier alpha value is -0.610. The van der Waals surface area contributed by atoms with E-state index in [0.29, 0.717) is 6.54 Å². The van der Waals surface area contributed by atoms with Crippen LogP contribution in [0.25, 0.3) is 0 Å². The number of rotatable bonds is 5. The van der Waals surface area contributed by atoms with Gasteiger partial charge in [0.15, 0.2) is 0 Å². The average Bonchev–Trinajstić information content (AvgIpc) is 1.98. The summed E-state index contributed by atoms with van der Waals surface area (Å²) >= 11 is 0. The molecule has 1 radical (unpaired) electrons. The van der Waals surface area contributed by atoms with Crippen LogP contribution in [0.2, 0.25) is 0 Å². The lowest BCUT2D eigenvalue weighted by Gasteiger charge is -2.15. The lowest BCUT2D eigenvalue weighted by molar-refractivity contribution is -0.125. The standard InChI is InChI=1S/C8H17N2O2/c1-7(6-10(2)3)8(12)9-4-5-11/h7H,4-6H2,1-3H3,(H,9,12). The molecule has 1 atom stereocenters. The molecular weight excluding hydrogens is 156 g/mol. The number of nitrogens with zero attached hydrogens (tertiary/aromatic N) is 1. The molecule has 0 rings (SSSR count). The number of nitrogens with one attached hydrogen (secondary N) is 1. The van der Waals surface area contributed by atoms with Crippen molar-refractivity contribution < 1.29 is 9.90 Å². The normalized spacial score (nSPS) is 13.1. The maximum absolute atomic E-state index is 11.2. The molecule has 1 unspecified atom stereocenters. The van der Waals surface area contributed by atoms with Gasteiger partial charge in [-0.1, -0.05) is 6.92 Å². The average molecular weight is 173 g/mol. The van der Waals surface area contributed by atoms with E-state index in [-0.39, 0.29) is 25.0 Å². The van der Waals surface area contributed by atoms with Crippen LogP contribution < -0.4 is 5.32 Å². The number of carbonyl (C=O) groups is 1.